The van der Waals surface area contributed by atoms with Gasteiger partial charge in [0.15, 0.2) is 7.05 Å². The van der Waals surface area contributed by atoms with Crippen molar-refractivity contribution in [3.05, 3.63) is 91.0 Å². The van der Waals surface area contributed by atoms with E-state index < -0.39 is 7.05 Å². The van der Waals surface area contributed by atoms with Gasteiger partial charge in [0, 0.05) is 29.8 Å². The van der Waals surface area contributed by atoms with Crippen LogP contribution in [0.25, 0.3) is 0 Å². The van der Waals surface area contributed by atoms with Gasteiger partial charge < -0.3 is 0 Å². The molecular weight excluding hydrogens is 309 g/mol. The molecule has 3 aromatic carbocycles. The van der Waals surface area contributed by atoms with Crippen molar-refractivity contribution in [1.29, 1.82) is 0 Å². The smallest absolute Gasteiger partial charge is 0.206 e. The largest absolute Gasteiger partial charge is 0.231 e. The summed E-state index contributed by atoms with van der Waals surface area (Å²) in [5.41, 5.74) is 0. The molecule has 1 aliphatic rings. The first-order valence-electron chi connectivity index (χ1n) is 8.61. The zero-order valence-corrected chi connectivity index (χ0v) is 15.1. The second kappa shape index (κ2) is 6.07. The molecule has 0 aliphatic carbocycles. The average molecular weight is 332 g/mol. The number of rotatable bonds is 3. The van der Waals surface area contributed by atoms with E-state index in [1.165, 1.54) is 15.9 Å². The average Bonchev–Trinajstić information content (AvgIpc) is 3.25. The molecule has 0 saturated carbocycles. The lowest BCUT2D eigenvalue weighted by Gasteiger charge is -2.21. The molecule has 2 atom stereocenters. The molecule has 4 rings (SSSR count). The van der Waals surface area contributed by atoms with E-state index in [0.29, 0.717) is 12.1 Å². The van der Waals surface area contributed by atoms with Crippen molar-refractivity contribution in [2.24, 2.45) is 0 Å². The first-order valence-corrected chi connectivity index (χ1v) is 10.3. The Morgan fingerprint density at radius 1 is 0.542 bits per heavy atom. The Hall–Kier alpha value is -2.11. The summed E-state index contributed by atoms with van der Waals surface area (Å²) in [6, 6.07) is 34.5. The van der Waals surface area contributed by atoms with Gasteiger partial charge in [0.25, 0.3) is 0 Å². The molecule has 0 aromatic heterocycles. The third-order valence-corrected chi connectivity index (χ3v) is 9.74. The molecule has 0 amide bonds. The van der Waals surface area contributed by atoms with E-state index >= 15 is 0 Å². The van der Waals surface area contributed by atoms with Crippen LogP contribution >= 0.6 is 7.05 Å². The fraction of sp³-hybridized carbons (Fsp3) is 0.182. The van der Waals surface area contributed by atoms with Crippen molar-refractivity contribution in [2.45, 2.75) is 25.9 Å². The lowest BCUT2D eigenvalue weighted by atomic mass is 10.4. The molecule has 1 saturated heterocycles. The predicted octanol–water partition coefficient (Wildman–Crippen LogP) is 3.97. The Morgan fingerprint density at radius 3 is 1.08 bits per heavy atom. The van der Waals surface area contributed by atoms with Crippen LogP contribution in [0, 0.1) is 0 Å². The van der Waals surface area contributed by atoms with Crippen molar-refractivity contribution in [3.8, 4) is 0 Å². The second-order valence-corrected chi connectivity index (χ2v) is 9.79. The second-order valence-electron chi connectivity index (χ2n) is 6.50. The first-order chi connectivity index (χ1) is 11.8. The van der Waals surface area contributed by atoms with E-state index in [1.54, 1.807) is 0 Å². The maximum atomic E-state index is 2.74. The van der Waals surface area contributed by atoms with Crippen LogP contribution in [0.15, 0.2) is 91.0 Å². The predicted molar refractivity (Wildman–Crippen MR) is 104 cm³/mol. The minimum absolute atomic E-state index is 0.610. The van der Waals surface area contributed by atoms with Crippen LogP contribution in [0.2, 0.25) is 0 Å². The van der Waals surface area contributed by atoms with E-state index in [-0.39, 0.29) is 0 Å². The maximum Gasteiger partial charge on any atom is 0.206 e. The molecule has 3 aromatic rings. The van der Waals surface area contributed by atoms with E-state index in [4.69, 9.17) is 0 Å². The third-order valence-electron chi connectivity index (χ3n) is 5.18. The monoisotopic (exact) mass is 332 g/mol. The molecule has 0 spiro atoms. The standard InChI is InChI=1S/C22H23NP/c1-18-19(2)23(18)24(20-12-6-3-7-13-20,21-14-8-4-9-15-21)22-16-10-5-11-17-22/h3-19H,1-2H3/q+1/t18-,19-/m0/s1. The van der Waals surface area contributed by atoms with Gasteiger partial charge in [0.05, 0.1) is 0 Å². The Balaban J connectivity index is 2.16. The van der Waals surface area contributed by atoms with Crippen molar-refractivity contribution in [1.82, 2.24) is 0 Å². The molecule has 24 heavy (non-hydrogen) atoms. The summed E-state index contributed by atoms with van der Waals surface area (Å²) in [7, 11) is -1.79. The lowest BCUT2D eigenvalue weighted by Crippen LogP contribution is -2.28. The molecule has 0 bridgehead atoms. The molecule has 0 N–H and O–H groups in total. The zero-order valence-electron chi connectivity index (χ0n) is 14.2. The Bertz CT molecular complexity index is 772. The molecular formula is C22H23NP+. The number of nitrogens with zero attached hydrogens (tertiary/aromatic N) is 1. The van der Waals surface area contributed by atoms with E-state index in [0.717, 1.165) is 0 Å². The highest BCUT2D eigenvalue weighted by atomic mass is 31.2. The van der Waals surface area contributed by atoms with Crippen molar-refractivity contribution >= 4 is 23.0 Å². The molecule has 120 valence electrons. The van der Waals surface area contributed by atoms with Gasteiger partial charge in [-0.3, -0.25) is 0 Å². The summed E-state index contributed by atoms with van der Waals surface area (Å²) in [5.74, 6) is 0. The molecule has 2 heteroatoms. The van der Waals surface area contributed by atoms with Gasteiger partial charge in [0.1, 0.15) is 0 Å². The van der Waals surface area contributed by atoms with E-state index in [2.05, 4.69) is 109 Å². The van der Waals surface area contributed by atoms with Gasteiger partial charge in [-0.25, -0.2) is 4.33 Å². The topological polar surface area (TPSA) is 3.01 Å². The quantitative estimate of drug-likeness (QED) is 0.504. The highest BCUT2D eigenvalue weighted by Gasteiger charge is 2.55. The van der Waals surface area contributed by atoms with Crippen molar-refractivity contribution < 1.29 is 4.33 Å². The highest BCUT2D eigenvalue weighted by Crippen LogP contribution is 2.52. The molecule has 0 unspecified atom stereocenters. The van der Waals surface area contributed by atoms with Gasteiger partial charge >= 0.3 is 0 Å². The number of benzene rings is 3. The fourth-order valence-corrected chi connectivity index (χ4v) is 8.73. The van der Waals surface area contributed by atoms with Crippen LogP contribution in [-0.2, 0) is 0 Å². The van der Waals surface area contributed by atoms with Crippen LogP contribution in [0.1, 0.15) is 13.8 Å². The minimum atomic E-state index is -1.79. The van der Waals surface area contributed by atoms with Crippen LogP contribution in [0.5, 0.6) is 0 Å². The summed E-state index contributed by atoms with van der Waals surface area (Å²) in [6.07, 6.45) is 0. The van der Waals surface area contributed by atoms with E-state index in [1.807, 2.05) is 0 Å². The fourth-order valence-electron chi connectivity index (χ4n) is 3.81. The number of hydrogen-bond donors (Lipinski definition) is 0. The van der Waals surface area contributed by atoms with Crippen LogP contribution in [-0.4, -0.2) is 16.4 Å². The Labute approximate surface area is 144 Å². The molecule has 1 nitrogen and oxygen atoms in total. The Kier molecular flexibility index (Phi) is 3.90. The van der Waals surface area contributed by atoms with Crippen LogP contribution < -0.4 is 15.9 Å². The van der Waals surface area contributed by atoms with Crippen molar-refractivity contribution in [3.63, 3.8) is 0 Å². The van der Waals surface area contributed by atoms with Crippen LogP contribution in [0.3, 0.4) is 0 Å². The SMILES string of the molecule is C[C@H]1[C@H](C)[N+]1=P(c1ccccc1)(c1ccccc1)c1ccccc1. The molecule has 1 aliphatic heterocycles. The Morgan fingerprint density at radius 2 is 0.833 bits per heavy atom. The molecule has 0 radical (unpaired) electrons. The van der Waals surface area contributed by atoms with Gasteiger partial charge in [-0.05, 0) is 36.4 Å². The van der Waals surface area contributed by atoms with Crippen LogP contribution in [0.4, 0.5) is 0 Å². The third kappa shape index (κ3) is 2.27. The van der Waals surface area contributed by atoms with Crippen molar-refractivity contribution in [2.75, 3.05) is 0 Å². The van der Waals surface area contributed by atoms with Gasteiger partial charge in [-0.15, -0.1) is 0 Å². The lowest BCUT2D eigenvalue weighted by molar-refractivity contribution is -0.352. The van der Waals surface area contributed by atoms with E-state index in [9.17, 15) is 0 Å². The number of hydrogen-bond acceptors (Lipinski definition) is 0. The summed E-state index contributed by atoms with van der Waals surface area (Å²) in [5, 5.41) is 4.33. The molecule has 1 heterocycles. The first kappa shape index (κ1) is 15.4. The van der Waals surface area contributed by atoms with Gasteiger partial charge in [0.2, 0.25) is 12.1 Å². The highest BCUT2D eigenvalue weighted by molar-refractivity contribution is 7.85. The molecule has 1 fully saturated rings. The summed E-state index contributed by atoms with van der Waals surface area (Å²) in [4.78, 5) is 0. The van der Waals surface area contributed by atoms with Gasteiger partial charge in [-0.2, -0.15) is 0 Å². The summed E-state index contributed by atoms with van der Waals surface area (Å²) in [6.45, 7) is 4.71. The maximum absolute atomic E-state index is 2.74. The normalized spacial score (nSPS) is 20.0. The zero-order chi connectivity index (χ0) is 16.6. The summed E-state index contributed by atoms with van der Waals surface area (Å²) >= 11 is 0. The van der Waals surface area contributed by atoms with Gasteiger partial charge in [-0.1, -0.05) is 54.6 Å². The summed E-state index contributed by atoms with van der Waals surface area (Å²) < 4.78 is 2.74. The minimum Gasteiger partial charge on any atom is -0.231 e.